The quantitative estimate of drug-likeness (QED) is 0.368. The van der Waals surface area contributed by atoms with E-state index in [4.69, 9.17) is 4.99 Å². The van der Waals surface area contributed by atoms with Crippen LogP contribution < -0.4 is 0 Å². The molecule has 2 nitrogen and oxygen atoms in total. The fourth-order valence-corrected chi connectivity index (χ4v) is 11.0. The minimum Gasteiger partial charge on any atom is -0.508 e. The maximum absolute atomic E-state index is 11.2. The number of aliphatic imine (C=N–C) groups is 1. The van der Waals surface area contributed by atoms with Crippen molar-refractivity contribution in [3.8, 4) is 5.75 Å². The molecule has 0 bridgehead atoms. The van der Waals surface area contributed by atoms with Gasteiger partial charge in [0.25, 0.3) is 0 Å². The lowest BCUT2D eigenvalue weighted by Crippen LogP contribution is -2.40. The Bertz CT molecular complexity index is 1210. The molecule has 0 amide bonds. The SMILES string of the molecule is Oc1ccccc1C1(C2CCCCC2)CCP(C2CCCCC2)C1=Nc1ccc2ccccc2c1. The molecule has 2 aliphatic carbocycles. The number of hydrogen-bond donors (Lipinski definition) is 1. The molecule has 1 aliphatic heterocycles. The number of rotatable bonds is 4. The zero-order chi connectivity index (χ0) is 23.7. The highest BCUT2D eigenvalue weighted by molar-refractivity contribution is 7.76. The van der Waals surface area contributed by atoms with Crippen molar-refractivity contribution in [3.05, 3.63) is 72.3 Å². The molecule has 0 spiro atoms. The summed E-state index contributed by atoms with van der Waals surface area (Å²) in [6.07, 6.45) is 15.8. The molecule has 2 unspecified atom stereocenters. The molecule has 35 heavy (non-hydrogen) atoms. The van der Waals surface area contributed by atoms with Crippen LogP contribution in [0.4, 0.5) is 5.69 Å². The Kier molecular flexibility index (Phi) is 6.68. The minimum absolute atomic E-state index is 0.111. The summed E-state index contributed by atoms with van der Waals surface area (Å²) in [6, 6.07) is 23.6. The lowest BCUT2D eigenvalue weighted by molar-refractivity contribution is 0.257. The topological polar surface area (TPSA) is 32.6 Å². The molecule has 1 heterocycles. The van der Waals surface area contributed by atoms with E-state index < -0.39 is 0 Å². The third-order valence-corrected chi connectivity index (χ3v) is 12.2. The Labute approximate surface area is 211 Å². The van der Waals surface area contributed by atoms with Gasteiger partial charge in [-0.3, -0.25) is 4.99 Å². The summed E-state index contributed by atoms with van der Waals surface area (Å²) < 4.78 is 0. The molecule has 1 N–H and O–H groups in total. The van der Waals surface area contributed by atoms with Gasteiger partial charge in [0.1, 0.15) is 5.75 Å². The molecular formula is C32H38NOP. The van der Waals surface area contributed by atoms with Crippen LogP contribution >= 0.6 is 7.92 Å². The number of phenols is 1. The number of benzene rings is 3. The van der Waals surface area contributed by atoms with E-state index in [2.05, 4.69) is 54.6 Å². The number of hydrogen-bond acceptors (Lipinski definition) is 2. The van der Waals surface area contributed by atoms with Gasteiger partial charge in [-0.05, 0) is 78.8 Å². The lowest BCUT2D eigenvalue weighted by atomic mass is 9.64. The second-order valence-corrected chi connectivity index (χ2v) is 13.6. The predicted molar refractivity (Wildman–Crippen MR) is 151 cm³/mol. The second kappa shape index (κ2) is 10.1. The van der Waals surface area contributed by atoms with Crippen molar-refractivity contribution in [3.63, 3.8) is 0 Å². The van der Waals surface area contributed by atoms with E-state index in [9.17, 15) is 5.11 Å². The van der Waals surface area contributed by atoms with E-state index in [1.54, 1.807) is 0 Å². The Hall–Kier alpha value is -2.18. The normalized spacial score (nSPS) is 27.5. The van der Waals surface area contributed by atoms with Crippen LogP contribution in [0.15, 0.2) is 71.7 Å². The number of phenolic OH excluding ortho intramolecular Hbond substituents is 1. The fourth-order valence-electron chi connectivity index (χ4n) is 7.36. The fraction of sp³-hybridized carbons (Fsp3) is 0.469. The second-order valence-electron chi connectivity index (χ2n) is 11.0. The van der Waals surface area contributed by atoms with E-state index >= 15 is 0 Å². The molecule has 182 valence electrons. The van der Waals surface area contributed by atoms with E-state index in [1.807, 2.05) is 12.1 Å². The van der Waals surface area contributed by atoms with E-state index in [-0.39, 0.29) is 13.3 Å². The first kappa shape index (κ1) is 23.2. The summed E-state index contributed by atoms with van der Waals surface area (Å²) in [7, 11) is -0.303. The van der Waals surface area contributed by atoms with Crippen LogP contribution in [0.25, 0.3) is 10.8 Å². The van der Waals surface area contributed by atoms with Gasteiger partial charge in [0.15, 0.2) is 0 Å². The molecule has 3 aromatic rings. The molecule has 3 heteroatoms. The largest absolute Gasteiger partial charge is 0.508 e. The van der Waals surface area contributed by atoms with E-state index in [0.717, 1.165) is 23.3 Å². The predicted octanol–water partition coefficient (Wildman–Crippen LogP) is 9.31. The Morgan fingerprint density at radius 1 is 0.743 bits per heavy atom. The summed E-state index contributed by atoms with van der Waals surface area (Å²) >= 11 is 0. The first-order valence-corrected chi connectivity index (χ1v) is 15.5. The minimum atomic E-state index is -0.303. The molecule has 2 atom stereocenters. The number of nitrogens with zero attached hydrogens (tertiary/aromatic N) is 1. The average molecular weight is 484 g/mol. The standard InChI is InChI=1S/C32H38NOP/c34-30-18-10-9-17-29(30)32(26-13-3-1-4-14-26)21-22-35(28-15-5-2-6-16-28)31(32)33-27-20-19-24-11-7-8-12-25(24)23-27/h7-12,17-20,23,26,28,34H,1-6,13-16,21-22H2. The molecular weight excluding hydrogens is 445 g/mol. The Morgan fingerprint density at radius 3 is 2.20 bits per heavy atom. The smallest absolute Gasteiger partial charge is 0.119 e. The van der Waals surface area contributed by atoms with Crippen molar-refractivity contribution >= 4 is 29.8 Å². The van der Waals surface area contributed by atoms with Crippen molar-refractivity contribution in [2.75, 3.05) is 6.16 Å². The van der Waals surface area contributed by atoms with Crippen LogP contribution in [0.1, 0.15) is 76.2 Å². The van der Waals surface area contributed by atoms with Crippen LogP contribution in [0, 0.1) is 5.92 Å². The van der Waals surface area contributed by atoms with Gasteiger partial charge in [0.05, 0.1) is 11.1 Å². The van der Waals surface area contributed by atoms with Crippen LogP contribution in [0.5, 0.6) is 5.75 Å². The van der Waals surface area contributed by atoms with Crippen molar-refractivity contribution < 1.29 is 5.11 Å². The van der Waals surface area contributed by atoms with Gasteiger partial charge in [0.2, 0.25) is 0 Å². The maximum atomic E-state index is 11.2. The van der Waals surface area contributed by atoms with Crippen LogP contribution in [0.3, 0.4) is 0 Å². The monoisotopic (exact) mass is 483 g/mol. The van der Waals surface area contributed by atoms with Crippen molar-refractivity contribution in [1.82, 2.24) is 0 Å². The van der Waals surface area contributed by atoms with E-state index in [1.165, 1.54) is 86.6 Å². The lowest BCUT2D eigenvalue weighted by Gasteiger charge is -2.42. The molecule has 6 rings (SSSR count). The first-order chi connectivity index (χ1) is 17.3. The van der Waals surface area contributed by atoms with Crippen LogP contribution in [0.2, 0.25) is 0 Å². The van der Waals surface area contributed by atoms with Crippen molar-refractivity contribution in [1.29, 1.82) is 0 Å². The molecule has 0 radical (unpaired) electrons. The van der Waals surface area contributed by atoms with Gasteiger partial charge in [-0.2, -0.15) is 0 Å². The van der Waals surface area contributed by atoms with Gasteiger partial charge in [-0.1, -0.05) is 95.0 Å². The zero-order valence-electron chi connectivity index (χ0n) is 20.8. The van der Waals surface area contributed by atoms with Gasteiger partial charge in [-0.15, -0.1) is 0 Å². The van der Waals surface area contributed by atoms with Gasteiger partial charge in [0, 0.05) is 11.0 Å². The van der Waals surface area contributed by atoms with Crippen molar-refractivity contribution in [2.24, 2.45) is 10.9 Å². The molecule has 3 fully saturated rings. The molecule has 3 aromatic carbocycles. The van der Waals surface area contributed by atoms with Gasteiger partial charge in [-0.25, -0.2) is 0 Å². The first-order valence-electron chi connectivity index (χ1n) is 13.9. The van der Waals surface area contributed by atoms with Crippen LogP contribution in [-0.4, -0.2) is 22.4 Å². The summed E-state index contributed by atoms with van der Waals surface area (Å²) in [5.74, 6) is 1.06. The zero-order valence-corrected chi connectivity index (χ0v) is 21.7. The van der Waals surface area contributed by atoms with Gasteiger partial charge >= 0.3 is 0 Å². The summed E-state index contributed by atoms with van der Waals surface area (Å²) in [4.78, 5) is 5.65. The highest BCUT2D eigenvalue weighted by Gasteiger charge is 2.54. The number of fused-ring (bicyclic) bond motifs is 1. The Balaban J connectivity index is 1.53. The summed E-state index contributed by atoms with van der Waals surface area (Å²) in [6.45, 7) is 0. The summed E-state index contributed by atoms with van der Waals surface area (Å²) in [5.41, 5.74) is 4.41. The van der Waals surface area contributed by atoms with Crippen LogP contribution in [-0.2, 0) is 5.41 Å². The average Bonchev–Trinajstić information content (AvgIpc) is 3.29. The summed E-state index contributed by atoms with van der Waals surface area (Å²) in [5, 5.41) is 13.8. The van der Waals surface area contributed by atoms with Gasteiger partial charge < -0.3 is 5.11 Å². The molecule has 3 aliphatic rings. The van der Waals surface area contributed by atoms with E-state index in [0.29, 0.717) is 11.7 Å². The third kappa shape index (κ3) is 4.33. The van der Waals surface area contributed by atoms with Crippen molar-refractivity contribution in [2.45, 2.75) is 81.7 Å². The highest BCUT2D eigenvalue weighted by Crippen LogP contribution is 2.65. The maximum Gasteiger partial charge on any atom is 0.119 e. The molecule has 0 aromatic heterocycles. The molecule has 1 saturated heterocycles. The third-order valence-electron chi connectivity index (χ3n) is 9.09. The Morgan fingerprint density at radius 2 is 1.43 bits per heavy atom. The highest BCUT2D eigenvalue weighted by atomic mass is 31.1. The number of para-hydroxylation sites is 1. The molecule has 2 saturated carbocycles. The number of aromatic hydroxyl groups is 1.